The Morgan fingerprint density at radius 2 is 1.79 bits per heavy atom. The van der Waals surface area contributed by atoms with Gasteiger partial charge in [0.1, 0.15) is 6.33 Å². The van der Waals surface area contributed by atoms with Crippen molar-refractivity contribution in [3.05, 3.63) is 71.5 Å². The highest BCUT2D eigenvalue weighted by molar-refractivity contribution is 14.0. The van der Waals surface area contributed by atoms with Crippen molar-refractivity contribution in [2.75, 3.05) is 19.6 Å². The van der Waals surface area contributed by atoms with Crippen molar-refractivity contribution in [1.29, 1.82) is 0 Å². The summed E-state index contributed by atoms with van der Waals surface area (Å²) in [5.41, 5.74) is 4.78. The highest BCUT2D eigenvalue weighted by Crippen LogP contribution is 2.16. The number of aliphatic imine (C=N–C) groups is 1. The largest absolute Gasteiger partial charge is 0.357 e. The molecule has 2 heterocycles. The fraction of sp³-hybridized carbons (Fsp3) is 0.400. The molecule has 2 aromatic carbocycles. The minimum Gasteiger partial charge on any atom is -0.357 e. The molecule has 3 N–H and O–H groups in total. The zero-order chi connectivity index (χ0) is 22.0. The minimum absolute atomic E-state index is 0. The van der Waals surface area contributed by atoms with Crippen molar-refractivity contribution >= 4 is 29.9 Å². The molecule has 0 spiro atoms. The molecule has 1 saturated heterocycles. The first-order valence-electron chi connectivity index (χ1n) is 11.6. The molecular weight excluding hydrogens is 525 g/mol. The summed E-state index contributed by atoms with van der Waals surface area (Å²) in [6.45, 7) is 7.75. The number of hydrogen-bond acceptors (Lipinski definition) is 4. The third-order valence-electron chi connectivity index (χ3n) is 5.72. The van der Waals surface area contributed by atoms with Crippen molar-refractivity contribution in [3.8, 4) is 11.4 Å². The van der Waals surface area contributed by atoms with Crippen LogP contribution in [0.2, 0.25) is 0 Å². The molecule has 176 valence electrons. The summed E-state index contributed by atoms with van der Waals surface area (Å²) < 4.78 is 0. The molecule has 8 heteroatoms. The summed E-state index contributed by atoms with van der Waals surface area (Å²) in [6, 6.07) is 17.2. The second kappa shape index (κ2) is 13.3. The first kappa shape index (κ1) is 25.2. The summed E-state index contributed by atoms with van der Waals surface area (Å²) in [5, 5.41) is 13.6. The molecule has 1 aromatic heterocycles. The van der Waals surface area contributed by atoms with Crippen LogP contribution < -0.4 is 10.6 Å². The fourth-order valence-corrected chi connectivity index (χ4v) is 4.00. The summed E-state index contributed by atoms with van der Waals surface area (Å²) >= 11 is 0. The first-order valence-corrected chi connectivity index (χ1v) is 11.6. The number of halogens is 1. The van der Waals surface area contributed by atoms with Gasteiger partial charge in [0.15, 0.2) is 11.8 Å². The van der Waals surface area contributed by atoms with Crippen LogP contribution in [-0.4, -0.2) is 45.7 Å². The van der Waals surface area contributed by atoms with Gasteiger partial charge in [-0.25, -0.2) is 9.98 Å². The molecule has 0 aliphatic carbocycles. The number of guanidine groups is 1. The van der Waals surface area contributed by atoms with Crippen LogP contribution in [0.3, 0.4) is 0 Å². The van der Waals surface area contributed by atoms with Crippen molar-refractivity contribution in [2.45, 2.75) is 45.8 Å². The second-order valence-electron chi connectivity index (χ2n) is 8.24. The Morgan fingerprint density at radius 3 is 2.52 bits per heavy atom. The number of H-pyrrole nitrogens is 1. The lowest BCUT2D eigenvalue weighted by molar-refractivity contribution is 0.221. The molecule has 1 fully saturated rings. The molecule has 7 nitrogen and oxygen atoms in total. The van der Waals surface area contributed by atoms with Gasteiger partial charge in [0.05, 0.1) is 6.54 Å². The molecular formula is C25H34IN7. The number of piperidine rings is 1. The number of aromatic amines is 1. The quantitative estimate of drug-likeness (QED) is 0.218. The van der Waals surface area contributed by atoms with Gasteiger partial charge in [-0.1, -0.05) is 48.9 Å². The average molecular weight is 560 g/mol. The lowest BCUT2D eigenvalue weighted by Crippen LogP contribution is -2.36. The van der Waals surface area contributed by atoms with Crippen LogP contribution in [0.4, 0.5) is 0 Å². The van der Waals surface area contributed by atoms with Gasteiger partial charge < -0.3 is 10.6 Å². The van der Waals surface area contributed by atoms with Gasteiger partial charge in [-0.2, -0.15) is 5.10 Å². The van der Waals surface area contributed by atoms with E-state index in [4.69, 9.17) is 4.99 Å². The molecule has 0 amide bonds. The van der Waals surface area contributed by atoms with Crippen LogP contribution in [0, 0.1) is 0 Å². The highest BCUT2D eigenvalue weighted by Gasteiger charge is 2.10. The third-order valence-corrected chi connectivity index (χ3v) is 5.72. The number of rotatable bonds is 8. The van der Waals surface area contributed by atoms with Gasteiger partial charge in [-0.15, -0.1) is 24.0 Å². The molecule has 0 atom stereocenters. The summed E-state index contributed by atoms with van der Waals surface area (Å²) in [4.78, 5) is 11.5. The molecule has 1 aliphatic heterocycles. The number of benzene rings is 2. The highest BCUT2D eigenvalue weighted by atomic mass is 127. The van der Waals surface area contributed by atoms with E-state index in [0.29, 0.717) is 6.54 Å². The van der Waals surface area contributed by atoms with E-state index in [1.54, 1.807) is 0 Å². The van der Waals surface area contributed by atoms with E-state index in [9.17, 15) is 0 Å². The molecule has 1 aliphatic rings. The molecule has 0 radical (unpaired) electrons. The molecule has 0 bridgehead atoms. The summed E-state index contributed by atoms with van der Waals surface area (Å²) in [7, 11) is 0. The van der Waals surface area contributed by atoms with Crippen molar-refractivity contribution in [3.63, 3.8) is 0 Å². The van der Waals surface area contributed by atoms with E-state index in [1.807, 2.05) is 12.1 Å². The number of hydrogen-bond donors (Lipinski definition) is 3. The van der Waals surface area contributed by atoms with E-state index in [1.165, 1.54) is 49.8 Å². The lowest BCUT2D eigenvalue weighted by atomic mass is 10.1. The van der Waals surface area contributed by atoms with Crippen LogP contribution in [0.25, 0.3) is 11.4 Å². The van der Waals surface area contributed by atoms with E-state index in [-0.39, 0.29) is 24.0 Å². The van der Waals surface area contributed by atoms with Crippen molar-refractivity contribution < 1.29 is 0 Å². The fourth-order valence-electron chi connectivity index (χ4n) is 4.00. The van der Waals surface area contributed by atoms with E-state index >= 15 is 0 Å². The van der Waals surface area contributed by atoms with Gasteiger partial charge in [-0.3, -0.25) is 10.00 Å². The Bertz CT molecular complexity index is 980. The Balaban J connectivity index is 0.00000306. The monoisotopic (exact) mass is 559 g/mol. The maximum atomic E-state index is 4.76. The van der Waals surface area contributed by atoms with Gasteiger partial charge in [0.2, 0.25) is 0 Å². The van der Waals surface area contributed by atoms with E-state index in [2.05, 4.69) is 74.0 Å². The Hall–Kier alpha value is -2.46. The van der Waals surface area contributed by atoms with Crippen LogP contribution in [0.15, 0.2) is 59.9 Å². The molecule has 3 aromatic rings. The SMILES string of the molecule is CCNC(=NCc1cccc(-c2ncn[nH]2)c1)NCc1ccc(CN2CCCCC2)cc1.I. The average Bonchev–Trinajstić information content (AvgIpc) is 3.38. The third kappa shape index (κ3) is 7.82. The normalized spacial score (nSPS) is 14.5. The van der Waals surface area contributed by atoms with Crippen LogP contribution in [0.5, 0.6) is 0 Å². The second-order valence-corrected chi connectivity index (χ2v) is 8.24. The zero-order valence-corrected chi connectivity index (χ0v) is 21.6. The number of aromatic nitrogens is 3. The maximum absolute atomic E-state index is 4.76. The lowest BCUT2D eigenvalue weighted by Gasteiger charge is -2.26. The van der Waals surface area contributed by atoms with Crippen LogP contribution >= 0.6 is 24.0 Å². The molecule has 0 saturated carbocycles. The number of nitrogens with zero attached hydrogens (tertiary/aromatic N) is 4. The first-order chi connectivity index (χ1) is 15.8. The smallest absolute Gasteiger partial charge is 0.191 e. The molecule has 4 rings (SSSR count). The number of nitrogens with one attached hydrogen (secondary N) is 3. The predicted molar refractivity (Wildman–Crippen MR) is 144 cm³/mol. The Morgan fingerprint density at radius 1 is 1.00 bits per heavy atom. The standard InChI is InChI=1S/C25H33N7.HI/c1-2-26-25(28-17-22-7-6-8-23(15-22)24-29-19-30-31-24)27-16-20-9-11-21(12-10-20)18-32-13-4-3-5-14-32;/h6-12,15,19H,2-5,13-14,16-18H2,1H3,(H2,26,27,28)(H,29,30,31);1H. The number of likely N-dealkylation sites (tertiary alicyclic amines) is 1. The maximum Gasteiger partial charge on any atom is 0.191 e. The Kier molecular flexibility index (Phi) is 10.1. The minimum atomic E-state index is 0. The summed E-state index contributed by atoms with van der Waals surface area (Å²) in [6.07, 6.45) is 5.56. The van der Waals surface area contributed by atoms with Gasteiger partial charge >= 0.3 is 0 Å². The van der Waals surface area contributed by atoms with E-state index < -0.39 is 0 Å². The van der Waals surface area contributed by atoms with Crippen molar-refractivity contribution in [2.24, 2.45) is 4.99 Å². The molecule has 0 unspecified atom stereocenters. The van der Waals surface area contributed by atoms with Crippen LogP contribution in [0.1, 0.15) is 42.9 Å². The molecule has 33 heavy (non-hydrogen) atoms. The topological polar surface area (TPSA) is 81.2 Å². The van der Waals surface area contributed by atoms with Gasteiger partial charge in [0.25, 0.3) is 0 Å². The van der Waals surface area contributed by atoms with E-state index in [0.717, 1.165) is 42.5 Å². The summed E-state index contributed by atoms with van der Waals surface area (Å²) in [5.74, 6) is 1.58. The van der Waals surface area contributed by atoms with Crippen LogP contribution in [-0.2, 0) is 19.6 Å². The zero-order valence-electron chi connectivity index (χ0n) is 19.3. The van der Waals surface area contributed by atoms with Crippen molar-refractivity contribution in [1.82, 2.24) is 30.7 Å². The van der Waals surface area contributed by atoms with Gasteiger partial charge in [-0.05, 0) is 55.6 Å². The predicted octanol–water partition coefficient (Wildman–Crippen LogP) is 4.33. The Labute approximate surface area is 213 Å². The van der Waals surface area contributed by atoms with Gasteiger partial charge in [0, 0.05) is 25.2 Å².